The maximum Gasteiger partial charge on any atom is 0.224 e. The average Bonchev–Trinajstić information content (AvgIpc) is 3.09. The number of rotatable bonds is 5. The third kappa shape index (κ3) is 4.69. The Labute approximate surface area is 143 Å². The van der Waals surface area contributed by atoms with Gasteiger partial charge in [-0.25, -0.2) is 0 Å². The van der Waals surface area contributed by atoms with Crippen molar-refractivity contribution in [2.45, 2.75) is 12.8 Å². The van der Waals surface area contributed by atoms with Crippen molar-refractivity contribution in [3.05, 3.63) is 35.9 Å². The smallest absolute Gasteiger partial charge is 0.224 e. The van der Waals surface area contributed by atoms with E-state index in [1.54, 1.807) is 0 Å². The molecule has 0 spiro atoms. The van der Waals surface area contributed by atoms with Gasteiger partial charge in [-0.1, -0.05) is 30.3 Å². The highest BCUT2D eigenvalue weighted by molar-refractivity contribution is 5.85. The largest absolute Gasteiger partial charge is 0.355 e. The first-order valence-electron chi connectivity index (χ1n) is 8.01. The lowest BCUT2D eigenvalue weighted by Gasteiger charge is -2.17. The second-order valence-corrected chi connectivity index (χ2v) is 6.24. The summed E-state index contributed by atoms with van der Waals surface area (Å²) in [5.74, 6) is 1.38. The Balaban J connectivity index is 0.00000192. The third-order valence-electron chi connectivity index (χ3n) is 4.61. The van der Waals surface area contributed by atoms with Gasteiger partial charge >= 0.3 is 0 Å². The minimum atomic E-state index is -0.0264. The normalized spacial score (nSPS) is 22.3. The topological polar surface area (TPSA) is 61.4 Å². The number of carbonyl (C=O) groups excluding carboxylic acids is 2. The Morgan fingerprint density at radius 3 is 2.43 bits per heavy atom. The molecule has 1 aromatic carbocycles. The van der Waals surface area contributed by atoms with Gasteiger partial charge in [-0.2, -0.15) is 0 Å². The number of likely N-dealkylation sites (tertiary alicyclic amines) is 1. The minimum Gasteiger partial charge on any atom is -0.355 e. The number of halogens is 1. The number of nitrogens with zero attached hydrogens (tertiary/aromatic N) is 1. The molecule has 2 saturated heterocycles. The lowest BCUT2D eigenvalue weighted by atomic mass is 10.0. The fraction of sp³-hybridized carbons (Fsp3) is 0.529. The second-order valence-electron chi connectivity index (χ2n) is 6.24. The predicted molar refractivity (Wildman–Crippen MR) is 91.5 cm³/mol. The zero-order valence-electron chi connectivity index (χ0n) is 13.2. The van der Waals surface area contributed by atoms with Gasteiger partial charge in [0.1, 0.15) is 0 Å². The van der Waals surface area contributed by atoms with E-state index in [-0.39, 0.29) is 24.2 Å². The monoisotopic (exact) mass is 337 g/mol. The van der Waals surface area contributed by atoms with E-state index >= 15 is 0 Å². The zero-order chi connectivity index (χ0) is 15.4. The first-order chi connectivity index (χ1) is 10.7. The molecule has 0 radical (unpaired) electrons. The van der Waals surface area contributed by atoms with Gasteiger partial charge in [0.05, 0.1) is 6.42 Å². The van der Waals surface area contributed by atoms with E-state index in [0.29, 0.717) is 31.2 Å². The SMILES string of the molecule is Cl.O=C(Cc1ccccc1)NCCC(=O)N1C[C@H]2CNC[C@H]2C1. The van der Waals surface area contributed by atoms with Crippen molar-refractivity contribution in [1.82, 2.24) is 15.5 Å². The Morgan fingerprint density at radius 1 is 1.13 bits per heavy atom. The number of nitrogens with one attached hydrogen (secondary N) is 2. The minimum absolute atomic E-state index is 0. The first-order valence-corrected chi connectivity index (χ1v) is 8.01. The van der Waals surface area contributed by atoms with Gasteiger partial charge in [0, 0.05) is 39.1 Å². The van der Waals surface area contributed by atoms with Gasteiger partial charge in [0.2, 0.25) is 11.8 Å². The number of benzene rings is 1. The van der Waals surface area contributed by atoms with Crippen molar-refractivity contribution >= 4 is 24.2 Å². The van der Waals surface area contributed by atoms with E-state index in [9.17, 15) is 9.59 Å². The number of fused-ring (bicyclic) bond motifs is 1. The first kappa shape index (κ1) is 17.8. The molecule has 2 aliphatic heterocycles. The summed E-state index contributed by atoms with van der Waals surface area (Å²) in [7, 11) is 0. The molecule has 1 aromatic rings. The van der Waals surface area contributed by atoms with Crippen LogP contribution in [0, 0.1) is 11.8 Å². The lowest BCUT2D eigenvalue weighted by molar-refractivity contribution is -0.130. The van der Waals surface area contributed by atoms with Crippen molar-refractivity contribution in [3.8, 4) is 0 Å². The molecule has 126 valence electrons. The van der Waals surface area contributed by atoms with Crippen LogP contribution in [-0.2, 0) is 16.0 Å². The molecule has 2 fully saturated rings. The molecule has 0 saturated carbocycles. The highest BCUT2D eigenvalue weighted by atomic mass is 35.5. The van der Waals surface area contributed by atoms with Crippen LogP contribution in [-0.4, -0.2) is 49.4 Å². The Morgan fingerprint density at radius 2 is 1.78 bits per heavy atom. The summed E-state index contributed by atoms with van der Waals surface area (Å²) < 4.78 is 0. The molecule has 3 rings (SSSR count). The molecule has 2 amide bonds. The third-order valence-corrected chi connectivity index (χ3v) is 4.61. The van der Waals surface area contributed by atoms with Crippen LogP contribution in [0.2, 0.25) is 0 Å². The van der Waals surface area contributed by atoms with Crippen molar-refractivity contribution in [1.29, 1.82) is 0 Å². The molecule has 2 N–H and O–H groups in total. The molecule has 5 nitrogen and oxygen atoms in total. The molecule has 0 aromatic heterocycles. The van der Waals surface area contributed by atoms with Crippen LogP contribution in [0.5, 0.6) is 0 Å². The van der Waals surface area contributed by atoms with E-state index in [1.165, 1.54) is 0 Å². The van der Waals surface area contributed by atoms with E-state index in [4.69, 9.17) is 0 Å². The molecule has 2 atom stereocenters. The number of carbonyl (C=O) groups is 2. The van der Waals surface area contributed by atoms with E-state index in [2.05, 4.69) is 10.6 Å². The van der Waals surface area contributed by atoms with Crippen LogP contribution >= 0.6 is 12.4 Å². The number of hydrogen-bond donors (Lipinski definition) is 2. The molecule has 2 heterocycles. The fourth-order valence-electron chi connectivity index (χ4n) is 3.37. The van der Waals surface area contributed by atoms with Gasteiger partial charge in [0.25, 0.3) is 0 Å². The lowest BCUT2D eigenvalue weighted by Crippen LogP contribution is -2.35. The molecule has 0 unspecified atom stereocenters. The van der Waals surface area contributed by atoms with Crippen LogP contribution in [0.1, 0.15) is 12.0 Å². The maximum absolute atomic E-state index is 12.2. The second kappa shape index (κ2) is 8.31. The van der Waals surface area contributed by atoms with Gasteiger partial charge in [-0.05, 0) is 17.4 Å². The van der Waals surface area contributed by atoms with E-state index < -0.39 is 0 Å². The highest BCUT2D eigenvalue weighted by Gasteiger charge is 2.37. The predicted octanol–water partition coefficient (Wildman–Crippen LogP) is 0.835. The van der Waals surface area contributed by atoms with Gasteiger partial charge in [-0.3, -0.25) is 9.59 Å². The molecule has 2 aliphatic rings. The highest BCUT2D eigenvalue weighted by Crippen LogP contribution is 2.26. The Hall–Kier alpha value is -1.59. The molecular formula is C17H24ClN3O2. The maximum atomic E-state index is 12.2. The number of amides is 2. The molecule has 23 heavy (non-hydrogen) atoms. The van der Waals surface area contributed by atoms with E-state index in [0.717, 1.165) is 31.7 Å². The summed E-state index contributed by atoms with van der Waals surface area (Å²) in [6.45, 7) is 4.22. The summed E-state index contributed by atoms with van der Waals surface area (Å²) in [4.78, 5) is 26.0. The quantitative estimate of drug-likeness (QED) is 0.837. The number of hydrogen-bond acceptors (Lipinski definition) is 3. The molecule has 6 heteroatoms. The Bertz CT molecular complexity index is 526. The average molecular weight is 338 g/mol. The summed E-state index contributed by atoms with van der Waals surface area (Å²) in [6, 6.07) is 9.64. The molecular weight excluding hydrogens is 314 g/mol. The van der Waals surface area contributed by atoms with Gasteiger partial charge in [0.15, 0.2) is 0 Å². The van der Waals surface area contributed by atoms with Gasteiger partial charge in [-0.15, -0.1) is 12.4 Å². The van der Waals surface area contributed by atoms with Crippen molar-refractivity contribution in [2.75, 3.05) is 32.7 Å². The van der Waals surface area contributed by atoms with Crippen molar-refractivity contribution in [3.63, 3.8) is 0 Å². The van der Waals surface area contributed by atoms with Crippen LogP contribution < -0.4 is 10.6 Å². The summed E-state index contributed by atoms with van der Waals surface area (Å²) in [6.07, 6.45) is 0.766. The van der Waals surface area contributed by atoms with Gasteiger partial charge < -0.3 is 15.5 Å². The van der Waals surface area contributed by atoms with Crippen LogP contribution in [0.15, 0.2) is 30.3 Å². The van der Waals surface area contributed by atoms with Crippen molar-refractivity contribution in [2.24, 2.45) is 11.8 Å². The molecule has 0 bridgehead atoms. The Kier molecular flexibility index (Phi) is 6.42. The zero-order valence-corrected chi connectivity index (χ0v) is 14.0. The summed E-state index contributed by atoms with van der Waals surface area (Å²) in [5.41, 5.74) is 0.992. The molecule has 0 aliphatic carbocycles. The van der Waals surface area contributed by atoms with Crippen LogP contribution in [0.25, 0.3) is 0 Å². The van der Waals surface area contributed by atoms with Crippen LogP contribution in [0.3, 0.4) is 0 Å². The summed E-state index contributed by atoms with van der Waals surface area (Å²) >= 11 is 0. The fourth-order valence-corrected chi connectivity index (χ4v) is 3.37. The standard InChI is InChI=1S/C17H23N3O2.ClH/c21-16(8-13-4-2-1-3-5-13)19-7-6-17(22)20-11-14-9-18-10-15(14)12-20;/h1-5,14-15,18H,6-12H2,(H,19,21);1H/t14-,15+;. The van der Waals surface area contributed by atoms with E-state index in [1.807, 2.05) is 35.2 Å². The summed E-state index contributed by atoms with van der Waals surface area (Å²) in [5, 5.41) is 6.21. The van der Waals surface area contributed by atoms with Crippen molar-refractivity contribution < 1.29 is 9.59 Å². The van der Waals surface area contributed by atoms with Crippen LogP contribution in [0.4, 0.5) is 0 Å².